The highest BCUT2D eigenvalue weighted by Gasteiger charge is 2.40. The van der Waals surface area contributed by atoms with Gasteiger partial charge in [-0.25, -0.2) is 32.7 Å². The third-order valence-electron chi connectivity index (χ3n) is 6.24. The number of carbonyl (C=O) groups excluding carboxylic acids is 2. The standard InChI is InChI=1S/C25H33N5O6S/c1-24(2,3)36-23(32)30-37(33,34)20-9-6-18(7-10-20)28-21-26-14-17(15-27-21)16-5-8-19(13-16)35-22(31)29-25(4)11-12-25/h6-7,9-10,14-16,19H,5,8,11-13H2,1-4H3,(H,29,31)(H,30,32)(H,26,27,28)/t16-,19+/m0/s1. The number of hydrogen-bond acceptors (Lipinski definition) is 9. The Morgan fingerprint density at radius 3 is 2.27 bits per heavy atom. The molecule has 1 heterocycles. The van der Waals surface area contributed by atoms with E-state index in [4.69, 9.17) is 9.47 Å². The first kappa shape index (κ1) is 26.6. The van der Waals surface area contributed by atoms with Gasteiger partial charge < -0.3 is 20.1 Å². The number of hydrogen-bond donors (Lipinski definition) is 3. The summed E-state index contributed by atoms with van der Waals surface area (Å²) in [6, 6.07) is 5.82. The molecule has 3 N–H and O–H groups in total. The van der Waals surface area contributed by atoms with E-state index < -0.39 is 21.7 Å². The normalized spacial score (nSPS) is 20.5. The number of amides is 2. The average Bonchev–Trinajstić information content (AvgIpc) is 3.32. The summed E-state index contributed by atoms with van der Waals surface area (Å²) >= 11 is 0. The van der Waals surface area contributed by atoms with Crippen molar-refractivity contribution >= 4 is 33.8 Å². The summed E-state index contributed by atoms with van der Waals surface area (Å²) in [6.45, 7) is 6.94. The smallest absolute Gasteiger partial charge is 0.421 e. The van der Waals surface area contributed by atoms with Gasteiger partial charge in [0, 0.05) is 23.6 Å². The largest absolute Gasteiger partial charge is 0.446 e. The second-order valence-electron chi connectivity index (χ2n) is 10.8. The molecule has 4 rings (SSSR count). The van der Waals surface area contributed by atoms with Gasteiger partial charge in [-0.3, -0.25) is 0 Å². The van der Waals surface area contributed by atoms with Crippen molar-refractivity contribution in [3.05, 3.63) is 42.2 Å². The van der Waals surface area contributed by atoms with E-state index in [9.17, 15) is 18.0 Å². The molecule has 2 aromatic rings. The first-order valence-corrected chi connectivity index (χ1v) is 13.7. The average molecular weight is 532 g/mol. The Bertz CT molecular complexity index is 1240. The van der Waals surface area contributed by atoms with Crippen LogP contribution in [0, 0.1) is 0 Å². The Kier molecular flexibility index (Phi) is 7.31. The molecule has 1 aromatic heterocycles. The number of benzene rings is 1. The number of alkyl carbamates (subject to hydrolysis) is 1. The number of aromatic nitrogens is 2. The van der Waals surface area contributed by atoms with Crippen LogP contribution in [0.25, 0.3) is 0 Å². The lowest BCUT2D eigenvalue weighted by atomic mass is 10.0. The van der Waals surface area contributed by atoms with Gasteiger partial charge in [0.2, 0.25) is 5.95 Å². The predicted octanol–water partition coefficient (Wildman–Crippen LogP) is 4.35. The molecule has 2 amide bonds. The number of sulfonamides is 1. The van der Waals surface area contributed by atoms with Crippen LogP contribution in [-0.4, -0.2) is 47.8 Å². The third-order valence-corrected chi connectivity index (χ3v) is 7.57. The summed E-state index contributed by atoms with van der Waals surface area (Å²) in [5.74, 6) is 0.569. The van der Waals surface area contributed by atoms with Crippen LogP contribution in [0.1, 0.15) is 71.3 Å². The second kappa shape index (κ2) is 10.2. The van der Waals surface area contributed by atoms with Crippen LogP contribution in [0.2, 0.25) is 0 Å². The molecule has 37 heavy (non-hydrogen) atoms. The van der Waals surface area contributed by atoms with Crippen LogP contribution in [-0.2, 0) is 19.5 Å². The topological polar surface area (TPSA) is 149 Å². The number of carbonyl (C=O) groups is 2. The van der Waals surface area contributed by atoms with Crippen molar-refractivity contribution in [3.8, 4) is 0 Å². The Morgan fingerprint density at radius 2 is 1.68 bits per heavy atom. The highest BCUT2D eigenvalue weighted by atomic mass is 32.2. The first-order chi connectivity index (χ1) is 17.3. The molecular formula is C25H33N5O6S. The maximum atomic E-state index is 12.4. The van der Waals surface area contributed by atoms with E-state index in [0.29, 0.717) is 11.6 Å². The summed E-state index contributed by atoms with van der Waals surface area (Å²) < 4.78 is 37.3. The lowest BCUT2D eigenvalue weighted by Gasteiger charge is -2.19. The summed E-state index contributed by atoms with van der Waals surface area (Å²) in [5, 5.41) is 5.95. The van der Waals surface area contributed by atoms with Crippen molar-refractivity contribution in [1.82, 2.24) is 20.0 Å². The molecule has 0 bridgehead atoms. The molecule has 2 aliphatic rings. The minimum atomic E-state index is -4.07. The van der Waals surface area contributed by atoms with E-state index in [0.717, 1.165) is 37.7 Å². The van der Waals surface area contributed by atoms with Crippen LogP contribution >= 0.6 is 0 Å². The van der Waals surface area contributed by atoms with Gasteiger partial charge in [-0.15, -0.1) is 0 Å². The molecule has 12 heteroatoms. The zero-order valence-corrected chi connectivity index (χ0v) is 22.2. The quantitative estimate of drug-likeness (QED) is 0.474. The second-order valence-corrected chi connectivity index (χ2v) is 12.5. The van der Waals surface area contributed by atoms with E-state index in [1.165, 1.54) is 12.1 Å². The fraction of sp³-hybridized carbons (Fsp3) is 0.520. The molecule has 2 aliphatic carbocycles. The van der Waals surface area contributed by atoms with Gasteiger partial charge in [-0.05, 0) is 95.5 Å². The summed E-state index contributed by atoms with van der Waals surface area (Å²) in [4.78, 5) is 32.6. The molecule has 0 unspecified atom stereocenters. The minimum absolute atomic E-state index is 0.0851. The summed E-state index contributed by atoms with van der Waals surface area (Å²) in [5.41, 5.74) is 0.632. The number of rotatable bonds is 7. The lowest BCUT2D eigenvalue weighted by Crippen LogP contribution is -2.36. The fourth-order valence-electron chi connectivity index (χ4n) is 4.02. The van der Waals surface area contributed by atoms with Crippen LogP contribution in [0.15, 0.2) is 41.6 Å². The molecule has 2 saturated carbocycles. The van der Waals surface area contributed by atoms with Gasteiger partial charge in [0.15, 0.2) is 0 Å². The summed E-state index contributed by atoms with van der Waals surface area (Å²) in [6.07, 6.45) is 6.38. The van der Waals surface area contributed by atoms with Gasteiger partial charge in [0.25, 0.3) is 10.0 Å². The van der Waals surface area contributed by atoms with Gasteiger partial charge in [0.05, 0.1) is 4.90 Å². The predicted molar refractivity (Wildman–Crippen MR) is 136 cm³/mol. The van der Waals surface area contributed by atoms with Gasteiger partial charge in [0.1, 0.15) is 11.7 Å². The zero-order chi connectivity index (χ0) is 26.8. The van der Waals surface area contributed by atoms with Crippen LogP contribution < -0.4 is 15.4 Å². The minimum Gasteiger partial charge on any atom is -0.446 e. The van der Waals surface area contributed by atoms with E-state index in [2.05, 4.69) is 20.6 Å². The van der Waals surface area contributed by atoms with Gasteiger partial charge >= 0.3 is 12.2 Å². The molecule has 1 aromatic carbocycles. The van der Waals surface area contributed by atoms with Crippen LogP contribution in [0.4, 0.5) is 21.2 Å². The maximum absolute atomic E-state index is 12.4. The number of ether oxygens (including phenoxy) is 2. The Labute approximate surface area is 216 Å². The van der Waals surface area contributed by atoms with Crippen molar-refractivity contribution in [1.29, 1.82) is 0 Å². The number of anilines is 2. The molecule has 0 saturated heterocycles. The molecule has 2 fully saturated rings. The van der Waals surface area contributed by atoms with Crippen molar-refractivity contribution in [2.75, 3.05) is 5.32 Å². The van der Waals surface area contributed by atoms with Crippen LogP contribution in [0.5, 0.6) is 0 Å². The fourth-order valence-corrected chi connectivity index (χ4v) is 4.89. The maximum Gasteiger partial charge on any atom is 0.421 e. The zero-order valence-electron chi connectivity index (χ0n) is 21.4. The molecule has 11 nitrogen and oxygen atoms in total. The molecular weight excluding hydrogens is 498 g/mol. The molecule has 2 atom stereocenters. The Balaban J connectivity index is 1.29. The van der Waals surface area contributed by atoms with Crippen molar-refractivity contribution in [2.24, 2.45) is 0 Å². The molecule has 0 spiro atoms. The van der Waals surface area contributed by atoms with E-state index >= 15 is 0 Å². The Morgan fingerprint density at radius 1 is 1.03 bits per heavy atom. The van der Waals surface area contributed by atoms with E-state index in [1.54, 1.807) is 45.3 Å². The van der Waals surface area contributed by atoms with E-state index in [-0.39, 0.29) is 28.5 Å². The monoisotopic (exact) mass is 531 g/mol. The highest BCUT2D eigenvalue weighted by molar-refractivity contribution is 7.90. The first-order valence-electron chi connectivity index (χ1n) is 12.2. The Hall–Kier alpha value is -3.41. The lowest BCUT2D eigenvalue weighted by molar-refractivity contribution is 0.0570. The van der Waals surface area contributed by atoms with Gasteiger partial charge in [-0.2, -0.15) is 0 Å². The van der Waals surface area contributed by atoms with Crippen molar-refractivity contribution in [3.63, 3.8) is 0 Å². The van der Waals surface area contributed by atoms with Crippen molar-refractivity contribution in [2.45, 2.75) is 87.9 Å². The molecule has 200 valence electrons. The third kappa shape index (κ3) is 7.54. The number of nitrogens with one attached hydrogen (secondary N) is 3. The number of nitrogens with zero attached hydrogens (tertiary/aromatic N) is 2. The van der Waals surface area contributed by atoms with E-state index in [1.807, 2.05) is 11.6 Å². The molecule has 0 radical (unpaired) electrons. The highest BCUT2D eigenvalue weighted by Crippen LogP contribution is 2.37. The van der Waals surface area contributed by atoms with Crippen LogP contribution in [0.3, 0.4) is 0 Å². The summed E-state index contributed by atoms with van der Waals surface area (Å²) in [7, 11) is -4.07. The SMILES string of the molecule is CC1(NC(=O)O[C@@H]2CC[C@H](c3cnc(Nc4ccc(S(=O)(=O)NC(=O)OC(C)(C)C)cc4)nc3)C2)CC1. The van der Waals surface area contributed by atoms with Crippen molar-refractivity contribution < 1.29 is 27.5 Å². The van der Waals surface area contributed by atoms with Gasteiger partial charge in [-0.1, -0.05) is 0 Å². The molecule has 0 aliphatic heterocycles.